The van der Waals surface area contributed by atoms with E-state index in [2.05, 4.69) is 10.6 Å². The molecular weight excluding hydrogens is 379 g/mol. The first-order valence-corrected chi connectivity index (χ1v) is 8.69. The number of anilines is 1. The van der Waals surface area contributed by atoms with Crippen molar-refractivity contribution in [2.45, 2.75) is 0 Å². The van der Waals surface area contributed by atoms with Gasteiger partial charge >= 0.3 is 6.03 Å². The first-order chi connectivity index (χ1) is 12.6. The van der Waals surface area contributed by atoms with E-state index in [4.69, 9.17) is 37.4 Å². The van der Waals surface area contributed by atoms with Gasteiger partial charge in [0.15, 0.2) is 5.75 Å². The number of carbonyl (C=O) groups excluding carboxylic acids is 1. The number of methoxy groups -OCH3 is 1. The van der Waals surface area contributed by atoms with Gasteiger partial charge in [-0.05, 0) is 36.4 Å². The molecule has 0 bridgehead atoms. The van der Waals surface area contributed by atoms with Crippen LogP contribution in [0.3, 0.4) is 0 Å². The molecule has 0 atom stereocenters. The lowest BCUT2D eigenvalue weighted by molar-refractivity contribution is 0.146. The highest BCUT2D eigenvalue weighted by atomic mass is 35.5. The maximum atomic E-state index is 12.0. The van der Waals surface area contributed by atoms with E-state index in [1.807, 2.05) is 0 Å². The van der Waals surface area contributed by atoms with E-state index < -0.39 is 0 Å². The van der Waals surface area contributed by atoms with Crippen LogP contribution in [0.1, 0.15) is 0 Å². The van der Waals surface area contributed by atoms with E-state index in [0.717, 1.165) is 0 Å². The van der Waals surface area contributed by atoms with E-state index in [0.29, 0.717) is 53.6 Å². The number of para-hydroxylation sites is 1. The van der Waals surface area contributed by atoms with Gasteiger partial charge in [-0.1, -0.05) is 29.3 Å². The molecule has 26 heavy (non-hydrogen) atoms. The molecule has 0 aliphatic rings. The van der Waals surface area contributed by atoms with Crippen molar-refractivity contribution in [3.05, 3.63) is 52.5 Å². The fraction of sp³-hybridized carbons (Fsp3) is 0.278. The summed E-state index contributed by atoms with van der Waals surface area (Å²) in [4.78, 5) is 12.0. The van der Waals surface area contributed by atoms with Gasteiger partial charge in [0.25, 0.3) is 0 Å². The first-order valence-electron chi connectivity index (χ1n) is 7.93. The number of ether oxygens (including phenoxy) is 3. The zero-order valence-electron chi connectivity index (χ0n) is 14.3. The van der Waals surface area contributed by atoms with E-state index in [1.165, 1.54) is 0 Å². The summed E-state index contributed by atoms with van der Waals surface area (Å²) in [7, 11) is 1.58. The predicted molar refractivity (Wildman–Crippen MR) is 103 cm³/mol. The third-order valence-corrected chi connectivity index (χ3v) is 3.77. The van der Waals surface area contributed by atoms with Gasteiger partial charge in [-0.25, -0.2) is 4.79 Å². The molecule has 0 fully saturated rings. The molecule has 8 heteroatoms. The van der Waals surface area contributed by atoms with Crippen molar-refractivity contribution in [3.63, 3.8) is 0 Å². The van der Waals surface area contributed by atoms with Crippen LogP contribution in [-0.2, 0) is 4.74 Å². The molecular formula is C18H20Cl2N2O4. The molecule has 2 aromatic rings. The van der Waals surface area contributed by atoms with Gasteiger partial charge in [0.2, 0.25) is 0 Å². The summed E-state index contributed by atoms with van der Waals surface area (Å²) in [6.45, 7) is 1.39. The third-order valence-electron chi connectivity index (χ3n) is 3.22. The Bertz CT molecular complexity index is 711. The number of hydrogen-bond donors (Lipinski definition) is 2. The van der Waals surface area contributed by atoms with Crippen LogP contribution in [0.4, 0.5) is 10.5 Å². The predicted octanol–water partition coefficient (Wildman–Crippen LogP) is 4.22. The smallest absolute Gasteiger partial charge is 0.319 e. The molecule has 0 aromatic heterocycles. The molecule has 0 heterocycles. The highest BCUT2D eigenvalue weighted by Crippen LogP contribution is 2.32. The van der Waals surface area contributed by atoms with Crippen molar-refractivity contribution >= 4 is 34.9 Å². The molecule has 2 amide bonds. The zero-order chi connectivity index (χ0) is 18.8. The molecule has 6 nitrogen and oxygen atoms in total. The summed E-state index contributed by atoms with van der Waals surface area (Å²) in [5, 5.41) is 6.46. The van der Waals surface area contributed by atoms with Crippen molar-refractivity contribution in [3.8, 4) is 11.5 Å². The van der Waals surface area contributed by atoms with E-state index >= 15 is 0 Å². The summed E-state index contributed by atoms with van der Waals surface area (Å²) in [6, 6.07) is 11.7. The number of hydrogen-bond acceptors (Lipinski definition) is 4. The highest BCUT2D eigenvalue weighted by molar-refractivity contribution is 6.32. The third kappa shape index (κ3) is 6.63. The SMILES string of the molecule is COCCOc1c(Cl)cccc1NC(=O)NCCOc1ccc(Cl)cc1. The summed E-state index contributed by atoms with van der Waals surface area (Å²) in [5.74, 6) is 1.08. The Hall–Kier alpha value is -2.15. The van der Waals surface area contributed by atoms with Crippen molar-refractivity contribution in [2.24, 2.45) is 0 Å². The Morgan fingerprint density at radius 3 is 2.50 bits per heavy atom. The van der Waals surface area contributed by atoms with Crippen LogP contribution in [0.5, 0.6) is 11.5 Å². The van der Waals surface area contributed by atoms with E-state index in [1.54, 1.807) is 49.6 Å². The van der Waals surface area contributed by atoms with Gasteiger partial charge in [-0.2, -0.15) is 0 Å². The number of urea groups is 1. The Balaban J connectivity index is 1.80. The standard InChI is InChI=1S/C18H20Cl2N2O4/c1-24-11-12-26-17-15(20)3-2-4-16(17)22-18(23)21-9-10-25-14-7-5-13(19)6-8-14/h2-8H,9-12H2,1H3,(H2,21,22,23). The van der Waals surface area contributed by atoms with Crippen LogP contribution in [-0.4, -0.2) is 39.5 Å². The fourth-order valence-corrected chi connectivity index (χ4v) is 2.37. The van der Waals surface area contributed by atoms with Crippen LogP contribution in [0.15, 0.2) is 42.5 Å². The van der Waals surface area contributed by atoms with Gasteiger partial charge in [0, 0.05) is 12.1 Å². The molecule has 0 unspecified atom stereocenters. The lowest BCUT2D eigenvalue weighted by Gasteiger charge is -2.14. The second-order valence-corrected chi connectivity index (χ2v) is 5.98. The number of halogens is 2. The molecule has 2 N–H and O–H groups in total. The highest BCUT2D eigenvalue weighted by Gasteiger charge is 2.11. The second-order valence-electron chi connectivity index (χ2n) is 5.14. The minimum atomic E-state index is -0.386. The van der Waals surface area contributed by atoms with Crippen LogP contribution < -0.4 is 20.1 Å². The van der Waals surface area contributed by atoms with Gasteiger partial charge < -0.3 is 24.8 Å². The maximum absolute atomic E-state index is 12.0. The van der Waals surface area contributed by atoms with Crippen LogP contribution >= 0.6 is 23.2 Å². The molecule has 0 aliphatic carbocycles. The molecule has 0 saturated heterocycles. The largest absolute Gasteiger partial charge is 0.492 e. The summed E-state index contributed by atoms with van der Waals surface area (Å²) >= 11 is 11.9. The van der Waals surface area contributed by atoms with E-state index in [-0.39, 0.29) is 6.03 Å². The molecule has 0 aliphatic heterocycles. The summed E-state index contributed by atoms with van der Waals surface area (Å²) < 4.78 is 16.0. The zero-order valence-corrected chi connectivity index (χ0v) is 15.8. The monoisotopic (exact) mass is 398 g/mol. The average molecular weight is 399 g/mol. The molecule has 2 rings (SSSR count). The van der Waals surface area contributed by atoms with Gasteiger partial charge in [0.05, 0.1) is 23.9 Å². The van der Waals surface area contributed by atoms with Crippen LogP contribution in [0, 0.1) is 0 Å². The van der Waals surface area contributed by atoms with Crippen molar-refractivity contribution in [1.82, 2.24) is 5.32 Å². The van der Waals surface area contributed by atoms with Crippen molar-refractivity contribution in [2.75, 3.05) is 38.8 Å². The molecule has 2 aromatic carbocycles. The average Bonchev–Trinajstić information content (AvgIpc) is 2.63. The second kappa shape index (κ2) is 10.8. The lowest BCUT2D eigenvalue weighted by Crippen LogP contribution is -2.32. The van der Waals surface area contributed by atoms with Gasteiger partial charge in [0.1, 0.15) is 19.0 Å². The Morgan fingerprint density at radius 2 is 1.77 bits per heavy atom. The van der Waals surface area contributed by atoms with Crippen LogP contribution in [0.25, 0.3) is 0 Å². The Labute approximate surface area is 162 Å². The molecule has 140 valence electrons. The van der Waals surface area contributed by atoms with Crippen molar-refractivity contribution in [1.29, 1.82) is 0 Å². The first kappa shape index (κ1) is 20.2. The van der Waals surface area contributed by atoms with Gasteiger partial charge in [-0.3, -0.25) is 0 Å². The fourth-order valence-electron chi connectivity index (χ4n) is 2.01. The lowest BCUT2D eigenvalue weighted by atomic mass is 10.3. The molecule has 0 radical (unpaired) electrons. The number of rotatable bonds is 9. The maximum Gasteiger partial charge on any atom is 0.319 e. The van der Waals surface area contributed by atoms with Crippen molar-refractivity contribution < 1.29 is 19.0 Å². The molecule has 0 saturated carbocycles. The topological polar surface area (TPSA) is 68.8 Å². The summed E-state index contributed by atoms with van der Waals surface area (Å²) in [5.41, 5.74) is 0.477. The van der Waals surface area contributed by atoms with Crippen LogP contribution in [0.2, 0.25) is 10.0 Å². The number of carbonyl (C=O) groups is 1. The minimum absolute atomic E-state index is 0.321. The normalized spacial score (nSPS) is 10.3. The molecule has 0 spiro atoms. The number of nitrogens with one attached hydrogen (secondary N) is 2. The number of amides is 2. The Kier molecular flexibility index (Phi) is 8.34. The quantitative estimate of drug-likeness (QED) is 0.620. The number of benzene rings is 2. The summed E-state index contributed by atoms with van der Waals surface area (Å²) in [6.07, 6.45) is 0. The van der Waals surface area contributed by atoms with Gasteiger partial charge in [-0.15, -0.1) is 0 Å². The minimum Gasteiger partial charge on any atom is -0.492 e. The Morgan fingerprint density at radius 1 is 1.00 bits per heavy atom. The van der Waals surface area contributed by atoms with E-state index in [9.17, 15) is 4.79 Å².